The molecule has 1 N–H and O–H groups in total. The standard InChI is InChI=1S/C14H19ClN2O3S/c1-2-17(13-6-7-21(19,20)10-13)14(18)16-9-11-4-3-5-12(15)8-11/h3-5,8,13H,2,6-7,9-10H2,1H3,(H,16,18). The van der Waals surface area contributed by atoms with Crippen molar-refractivity contribution >= 4 is 27.5 Å². The number of carbonyl (C=O) groups excluding carboxylic acids is 1. The highest BCUT2D eigenvalue weighted by atomic mass is 35.5. The number of hydrogen-bond donors (Lipinski definition) is 1. The van der Waals surface area contributed by atoms with Gasteiger partial charge in [0.25, 0.3) is 0 Å². The zero-order chi connectivity index (χ0) is 15.5. The fourth-order valence-corrected chi connectivity index (χ4v) is 4.46. The lowest BCUT2D eigenvalue weighted by atomic mass is 10.2. The number of hydrogen-bond acceptors (Lipinski definition) is 3. The molecular formula is C14H19ClN2O3S. The number of halogens is 1. The average molecular weight is 331 g/mol. The summed E-state index contributed by atoms with van der Waals surface area (Å²) in [6.45, 7) is 2.71. The molecule has 1 fully saturated rings. The Morgan fingerprint density at radius 1 is 1.48 bits per heavy atom. The first-order chi connectivity index (χ1) is 9.91. The van der Waals surface area contributed by atoms with Gasteiger partial charge in [-0.1, -0.05) is 23.7 Å². The predicted octanol–water partition coefficient (Wildman–Crippen LogP) is 2.06. The van der Waals surface area contributed by atoms with Crippen LogP contribution in [0.25, 0.3) is 0 Å². The van der Waals surface area contributed by atoms with Crippen molar-refractivity contribution in [2.75, 3.05) is 18.1 Å². The van der Waals surface area contributed by atoms with E-state index in [2.05, 4.69) is 5.32 Å². The molecule has 1 aromatic carbocycles. The van der Waals surface area contributed by atoms with Gasteiger partial charge >= 0.3 is 6.03 Å². The minimum absolute atomic E-state index is 0.0609. The van der Waals surface area contributed by atoms with E-state index in [-0.39, 0.29) is 23.6 Å². The topological polar surface area (TPSA) is 66.5 Å². The second kappa shape index (κ2) is 6.66. The molecule has 0 saturated carbocycles. The van der Waals surface area contributed by atoms with Gasteiger partial charge in [-0.25, -0.2) is 13.2 Å². The summed E-state index contributed by atoms with van der Waals surface area (Å²) in [6, 6.07) is 6.80. The second-order valence-electron chi connectivity index (χ2n) is 5.13. The molecule has 21 heavy (non-hydrogen) atoms. The minimum atomic E-state index is -3.00. The number of urea groups is 1. The van der Waals surface area contributed by atoms with Crippen LogP contribution in [0.1, 0.15) is 18.9 Å². The van der Waals surface area contributed by atoms with Crippen LogP contribution in [0.5, 0.6) is 0 Å². The SMILES string of the molecule is CCN(C(=O)NCc1cccc(Cl)c1)C1CCS(=O)(=O)C1. The van der Waals surface area contributed by atoms with Gasteiger partial charge in [-0.15, -0.1) is 0 Å². The summed E-state index contributed by atoms with van der Waals surface area (Å²) in [5.41, 5.74) is 0.908. The Morgan fingerprint density at radius 2 is 2.24 bits per heavy atom. The van der Waals surface area contributed by atoms with Gasteiger partial charge in [0.1, 0.15) is 0 Å². The first-order valence-electron chi connectivity index (χ1n) is 6.90. The minimum Gasteiger partial charge on any atom is -0.334 e. The molecule has 1 heterocycles. The van der Waals surface area contributed by atoms with Crippen molar-refractivity contribution in [2.24, 2.45) is 0 Å². The third kappa shape index (κ3) is 4.35. The zero-order valence-corrected chi connectivity index (χ0v) is 13.5. The largest absolute Gasteiger partial charge is 0.334 e. The number of sulfone groups is 1. The van der Waals surface area contributed by atoms with Gasteiger partial charge in [0.2, 0.25) is 0 Å². The van der Waals surface area contributed by atoms with E-state index in [1.165, 1.54) is 0 Å². The first kappa shape index (κ1) is 16.1. The third-order valence-corrected chi connectivity index (χ3v) is 5.57. The molecule has 1 saturated heterocycles. The Balaban J connectivity index is 1.95. The average Bonchev–Trinajstić information content (AvgIpc) is 2.77. The summed E-state index contributed by atoms with van der Waals surface area (Å²) in [4.78, 5) is 13.8. The normalized spacial score (nSPS) is 20.2. The molecule has 2 amide bonds. The van der Waals surface area contributed by atoms with Gasteiger partial charge < -0.3 is 10.2 Å². The molecule has 7 heteroatoms. The summed E-state index contributed by atoms with van der Waals surface area (Å²) >= 11 is 5.90. The van der Waals surface area contributed by atoms with Crippen LogP contribution in [-0.2, 0) is 16.4 Å². The summed E-state index contributed by atoms with van der Waals surface area (Å²) in [7, 11) is -3.00. The number of nitrogens with one attached hydrogen (secondary N) is 1. The molecule has 2 rings (SSSR count). The Morgan fingerprint density at radius 3 is 2.81 bits per heavy atom. The van der Waals surface area contributed by atoms with Crippen LogP contribution in [0.4, 0.5) is 4.79 Å². The molecule has 5 nitrogen and oxygen atoms in total. The molecule has 1 aliphatic rings. The van der Waals surface area contributed by atoms with E-state index < -0.39 is 9.84 Å². The molecule has 0 radical (unpaired) electrons. The fourth-order valence-electron chi connectivity index (χ4n) is 2.51. The Bertz CT molecular complexity index is 618. The molecular weight excluding hydrogens is 312 g/mol. The maximum atomic E-state index is 12.2. The molecule has 1 aliphatic heterocycles. The van der Waals surface area contributed by atoms with E-state index in [1.54, 1.807) is 17.0 Å². The molecule has 116 valence electrons. The van der Waals surface area contributed by atoms with E-state index in [0.29, 0.717) is 24.5 Å². The fraction of sp³-hybridized carbons (Fsp3) is 0.500. The van der Waals surface area contributed by atoms with Crippen LogP contribution in [0.15, 0.2) is 24.3 Å². The van der Waals surface area contributed by atoms with Crippen LogP contribution in [0.3, 0.4) is 0 Å². The highest BCUT2D eigenvalue weighted by Crippen LogP contribution is 2.18. The van der Waals surface area contributed by atoms with E-state index in [9.17, 15) is 13.2 Å². The van der Waals surface area contributed by atoms with Crippen molar-refractivity contribution < 1.29 is 13.2 Å². The number of benzene rings is 1. The van der Waals surface area contributed by atoms with Crippen molar-refractivity contribution in [3.05, 3.63) is 34.9 Å². The van der Waals surface area contributed by atoms with E-state index in [0.717, 1.165) is 5.56 Å². The number of carbonyl (C=O) groups is 1. The van der Waals surface area contributed by atoms with Crippen LogP contribution >= 0.6 is 11.6 Å². The van der Waals surface area contributed by atoms with Crippen LogP contribution in [0, 0.1) is 0 Å². The van der Waals surface area contributed by atoms with Crippen molar-refractivity contribution in [1.82, 2.24) is 10.2 Å². The summed E-state index contributed by atoms with van der Waals surface area (Å²) in [5.74, 6) is 0.223. The van der Waals surface area contributed by atoms with E-state index >= 15 is 0 Å². The summed E-state index contributed by atoms with van der Waals surface area (Å²) in [5, 5.41) is 3.44. The van der Waals surface area contributed by atoms with Gasteiger partial charge in [-0.2, -0.15) is 0 Å². The number of rotatable bonds is 4. The Hall–Kier alpha value is -1.27. The van der Waals surface area contributed by atoms with Crippen LogP contribution in [-0.4, -0.2) is 43.4 Å². The van der Waals surface area contributed by atoms with Gasteiger partial charge in [-0.3, -0.25) is 0 Å². The zero-order valence-electron chi connectivity index (χ0n) is 11.9. The molecule has 1 aromatic rings. The molecule has 0 bridgehead atoms. The quantitative estimate of drug-likeness (QED) is 0.919. The van der Waals surface area contributed by atoms with Gasteiger partial charge in [0.15, 0.2) is 9.84 Å². The molecule has 0 aromatic heterocycles. The third-order valence-electron chi connectivity index (χ3n) is 3.58. The Labute approximate surface area is 130 Å². The van der Waals surface area contributed by atoms with Crippen LogP contribution < -0.4 is 5.32 Å². The smallest absolute Gasteiger partial charge is 0.317 e. The highest BCUT2D eigenvalue weighted by Gasteiger charge is 2.33. The van der Waals surface area contributed by atoms with Gasteiger partial charge in [0, 0.05) is 24.2 Å². The first-order valence-corrected chi connectivity index (χ1v) is 9.10. The lowest BCUT2D eigenvalue weighted by Crippen LogP contribution is -2.46. The Kier molecular flexibility index (Phi) is 5.11. The summed E-state index contributed by atoms with van der Waals surface area (Å²) < 4.78 is 23.1. The second-order valence-corrected chi connectivity index (χ2v) is 7.80. The predicted molar refractivity (Wildman–Crippen MR) is 83.1 cm³/mol. The lowest BCUT2D eigenvalue weighted by Gasteiger charge is -2.27. The monoisotopic (exact) mass is 330 g/mol. The number of nitrogens with zero attached hydrogens (tertiary/aromatic N) is 1. The van der Waals surface area contributed by atoms with Crippen LogP contribution in [0.2, 0.25) is 5.02 Å². The molecule has 0 spiro atoms. The number of amides is 2. The van der Waals surface area contributed by atoms with E-state index in [4.69, 9.17) is 11.6 Å². The van der Waals surface area contributed by atoms with E-state index in [1.807, 2.05) is 19.1 Å². The molecule has 1 unspecified atom stereocenters. The van der Waals surface area contributed by atoms with Gasteiger partial charge in [0.05, 0.1) is 11.5 Å². The van der Waals surface area contributed by atoms with Crippen molar-refractivity contribution in [1.29, 1.82) is 0 Å². The van der Waals surface area contributed by atoms with Crippen molar-refractivity contribution in [2.45, 2.75) is 25.9 Å². The molecule has 1 atom stereocenters. The highest BCUT2D eigenvalue weighted by molar-refractivity contribution is 7.91. The lowest BCUT2D eigenvalue weighted by molar-refractivity contribution is 0.183. The maximum Gasteiger partial charge on any atom is 0.317 e. The summed E-state index contributed by atoms with van der Waals surface area (Å²) in [6.07, 6.45) is 0.515. The maximum absolute atomic E-state index is 12.2. The molecule has 0 aliphatic carbocycles. The van der Waals surface area contributed by atoms with Crippen molar-refractivity contribution in [3.8, 4) is 0 Å². The van der Waals surface area contributed by atoms with Crippen molar-refractivity contribution in [3.63, 3.8) is 0 Å². The van der Waals surface area contributed by atoms with Gasteiger partial charge in [-0.05, 0) is 31.0 Å².